The van der Waals surface area contributed by atoms with E-state index in [1.54, 1.807) is 0 Å². The van der Waals surface area contributed by atoms with E-state index in [1.807, 2.05) is 54.6 Å². The molecule has 0 aromatic heterocycles. The molecule has 2 N–H and O–H groups in total. The molecule has 4 unspecified atom stereocenters. The van der Waals surface area contributed by atoms with Crippen LogP contribution < -0.4 is 5.32 Å². The van der Waals surface area contributed by atoms with Crippen LogP contribution in [-0.4, -0.2) is 50.2 Å². The average molecular weight is 481 g/mol. The standard InChI is InChI=1S/C26H28N2O5S/c1-16(29)34-23(14-17-8-3-2-4-9-17)24(30)27-20-15-18-10-5-6-11-19(18)21-12-7-13-22(26(32)33)28(21)25(20)31/h2-6,8-11,20-23H,7,12-15H2,1H3,(H,27,30)(H,32,33). The summed E-state index contributed by atoms with van der Waals surface area (Å²) < 4.78 is 0. The number of amides is 2. The molecular formula is C26H28N2O5S. The van der Waals surface area contributed by atoms with Crippen molar-refractivity contribution in [2.24, 2.45) is 0 Å². The highest BCUT2D eigenvalue weighted by atomic mass is 32.2. The fourth-order valence-electron chi connectivity index (χ4n) is 4.98. The van der Waals surface area contributed by atoms with Gasteiger partial charge >= 0.3 is 5.97 Å². The summed E-state index contributed by atoms with van der Waals surface area (Å²) in [6.07, 6.45) is 2.41. The summed E-state index contributed by atoms with van der Waals surface area (Å²) in [4.78, 5) is 52.4. The van der Waals surface area contributed by atoms with Crippen molar-refractivity contribution < 1.29 is 24.3 Å². The van der Waals surface area contributed by atoms with E-state index >= 15 is 0 Å². The van der Waals surface area contributed by atoms with Crippen LogP contribution >= 0.6 is 11.8 Å². The number of carbonyl (C=O) groups is 4. The SMILES string of the molecule is CC(=O)SC(Cc1ccccc1)C(=O)NC1Cc2ccccc2C2CCCC(C(=O)O)N2C1=O. The maximum atomic E-state index is 13.7. The zero-order chi connectivity index (χ0) is 24.2. The summed E-state index contributed by atoms with van der Waals surface area (Å²) in [6.45, 7) is 1.42. The number of hydrogen-bond donors (Lipinski definition) is 2. The Hall–Kier alpha value is -3.13. The van der Waals surface area contributed by atoms with Gasteiger partial charge in [-0.05, 0) is 42.4 Å². The fourth-order valence-corrected chi connectivity index (χ4v) is 5.83. The number of nitrogens with one attached hydrogen (secondary N) is 1. The van der Waals surface area contributed by atoms with Crippen molar-refractivity contribution in [3.8, 4) is 0 Å². The van der Waals surface area contributed by atoms with E-state index < -0.39 is 29.2 Å². The highest BCUT2D eigenvalue weighted by Gasteiger charge is 2.44. The molecule has 0 spiro atoms. The number of rotatable bonds is 6. The molecule has 0 aliphatic carbocycles. The van der Waals surface area contributed by atoms with Gasteiger partial charge in [-0.15, -0.1) is 0 Å². The Kier molecular flexibility index (Phi) is 7.36. The Bertz CT molecular complexity index is 1090. The van der Waals surface area contributed by atoms with E-state index in [9.17, 15) is 24.3 Å². The summed E-state index contributed by atoms with van der Waals surface area (Å²) in [5.74, 6) is -1.81. The van der Waals surface area contributed by atoms with Gasteiger partial charge in [0.25, 0.3) is 0 Å². The minimum absolute atomic E-state index is 0.185. The van der Waals surface area contributed by atoms with E-state index in [0.717, 1.165) is 28.5 Å². The molecule has 0 bridgehead atoms. The molecule has 0 saturated carbocycles. The first-order valence-electron chi connectivity index (χ1n) is 11.5. The molecule has 4 atom stereocenters. The van der Waals surface area contributed by atoms with E-state index in [-0.39, 0.29) is 23.5 Å². The van der Waals surface area contributed by atoms with Gasteiger partial charge < -0.3 is 15.3 Å². The maximum absolute atomic E-state index is 13.7. The van der Waals surface area contributed by atoms with Gasteiger partial charge in [-0.2, -0.15) is 0 Å². The molecule has 0 radical (unpaired) electrons. The number of piperidine rings is 1. The second-order valence-corrected chi connectivity index (χ2v) is 10.2. The number of fused-ring (bicyclic) bond motifs is 3. The van der Waals surface area contributed by atoms with Crippen LogP contribution in [0, 0.1) is 0 Å². The summed E-state index contributed by atoms with van der Waals surface area (Å²) in [6, 6.07) is 14.9. The molecule has 2 aliphatic heterocycles. The molecule has 34 heavy (non-hydrogen) atoms. The molecule has 178 valence electrons. The smallest absolute Gasteiger partial charge is 0.326 e. The van der Waals surface area contributed by atoms with Crippen molar-refractivity contribution in [1.82, 2.24) is 10.2 Å². The number of thioether (sulfide) groups is 1. The van der Waals surface area contributed by atoms with Crippen LogP contribution in [0.4, 0.5) is 0 Å². The maximum Gasteiger partial charge on any atom is 0.326 e. The van der Waals surface area contributed by atoms with Crippen LogP contribution in [0.1, 0.15) is 48.9 Å². The second kappa shape index (κ2) is 10.4. The largest absolute Gasteiger partial charge is 0.480 e. The van der Waals surface area contributed by atoms with E-state index in [4.69, 9.17) is 0 Å². The number of benzene rings is 2. The number of carboxylic acids is 1. The van der Waals surface area contributed by atoms with Crippen molar-refractivity contribution in [2.75, 3.05) is 0 Å². The molecule has 2 aromatic carbocycles. The van der Waals surface area contributed by atoms with Gasteiger partial charge in [0.1, 0.15) is 12.1 Å². The number of nitrogens with zero attached hydrogens (tertiary/aromatic N) is 1. The quantitative estimate of drug-likeness (QED) is 0.659. The number of carboxylic acid groups (broad SMARTS) is 1. The monoisotopic (exact) mass is 480 g/mol. The summed E-state index contributed by atoms with van der Waals surface area (Å²) >= 11 is 0.941. The van der Waals surface area contributed by atoms with E-state index in [2.05, 4.69) is 5.32 Å². The first-order chi connectivity index (χ1) is 16.3. The average Bonchev–Trinajstić information content (AvgIpc) is 2.94. The molecule has 1 fully saturated rings. The first-order valence-corrected chi connectivity index (χ1v) is 12.4. The highest BCUT2D eigenvalue weighted by Crippen LogP contribution is 2.39. The Morgan fingerprint density at radius 3 is 2.50 bits per heavy atom. The molecule has 2 heterocycles. The fraction of sp³-hybridized carbons (Fsp3) is 0.385. The third-order valence-electron chi connectivity index (χ3n) is 6.48. The molecule has 7 nitrogen and oxygen atoms in total. The van der Waals surface area contributed by atoms with Crippen molar-refractivity contribution in [2.45, 2.75) is 62.4 Å². The minimum atomic E-state index is -1.03. The van der Waals surface area contributed by atoms with E-state index in [0.29, 0.717) is 25.7 Å². The minimum Gasteiger partial charge on any atom is -0.480 e. The van der Waals surface area contributed by atoms with Crippen LogP contribution in [0.2, 0.25) is 0 Å². The molecule has 1 saturated heterocycles. The molecule has 8 heteroatoms. The van der Waals surface area contributed by atoms with Crippen LogP contribution in [0.5, 0.6) is 0 Å². The summed E-state index contributed by atoms with van der Waals surface area (Å²) in [5, 5.41) is 11.8. The zero-order valence-electron chi connectivity index (χ0n) is 19.0. The Morgan fingerprint density at radius 1 is 1.09 bits per heavy atom. The number of carbonyl (C=O) groups excluding carboxylic acids is 3. The van der Waals surface area contributed by atoms with Crippen LogP contribution in [0.3, 0.4) is 0 Å². The van der Waals surface area contributed by atoms with Gasteiger partial charge in [0, 0.05) is 13.3 Å². The van der Waals surface area contributed by atoms with Gasteiger partial charge in [-0.3, -0.25) is 14.4 Å². The molecular weight excluding hydrogens is 452 g/mol. The second-order valence-electron chi connectivity index (χ2n) is 8.80. The Labute approximate surface area is 202 Å². The molecule has 2 aliphatic rings. The number of aliphatic carboxylic acids is 1. The van der Waals surface area contributed by atoms with Gasteiger partial charge in [0.05, 0.1) is 11.3 Å². The normalized spacial score (nSPS) is 22.7. The third kappa shape index (κ3) is 5.17. The van der Waals surface area contributed by atoms with Gasteiger partial charge in [0.15, 0.2) is 5.12 Å². The zero-order valence-corrected chi connectivity index (χ0v) is 19.8. The summed E-state index contributed by atoms with van der Waals surface area (Å²) in [5.41, 5.74) is 2.78. The van der Waals surface area contributed by atoms with E-state index in [1.165, 1.54) is 11.8 Å². The predicted molar refractivity (Wildman–Crippen MR) is 129 cm³/mol. The molecule has 2 aromatic rings. The lowest BCUT2D eigenvalue weighted by atomic mass is 9.89. The van der Waals surface area contributed by atoms with Crippen molar-refractivity contribution in [3.05, 3.63) is 71.3 Å². The van der Waals surface area contributed by atoms with Crippen LogP contribution in [-0.2, 0) is 32.0 Å². The van der Waals surface area contributed by atoms with Gasteiger partial charge in [0.2, 0.25) is 11.8 Å². The van der Waals surface area contributed by atoms with Crippen LogP contribution in [0.15, 0.2) is 54.6 Å². The van der Waals surface area contributed by atoms with Crippen LogP contribution in [0.25, 0.3) is 0 Å². The van der Waals surface area contributed by atoms with Crippen molar-refractivity contribution >= 4 is 34.7 Å². The Balaban J connectivity index is 1.63. The van der Waals surface area contributed by atoms with Gasteiger partial charge in [-0.25, -0.2) is 4.79 Å². The highest BCUT2D eigenvalue weighted by molar-refractivity contribution is 8.14. The third-order valence-corrected chi connectivity index (χ3v) is 7.48. The predicted octanol–water partition coefficient (Wildman–Crippen LogP) is 3.13. The molecule has 4 rings (SSSR count). The Morgan fingerprint density at radius 2 is 1.79 bits per heavy atom. The van der Waals surface area contributed by atoms with Crippen molar-refractivity contribution in [1.29, 1.82) is 0 Å². The lowest BCUT2D eigenvalue weighted by molar-refractivity contribution is -0.156. The van der Waals surface area contributed by atoms with Gasteiger partial charge in [-0.1, -0.05) is 66.4 Å². The lowest BCUT2D eigenvalue weighted by Crippen LogP contribution is -2.56. The topological polar surface area (TPSA) is 104 Å². The number of hydrogen-bond acceptors (Lipinski definition) is 5. The molecule has 2 amide bonds. The van der Waals surface area contributed by atoms with Crippen molar-refractivity contribution in [3.63, 3.8) is 0 Å². The first kappa shape index (κ1) is 24.0. The lowest BCUT2D eigenvalue weighted by Gasteiger charge is -2.40. The summed E-state index contributed by atoms with van der Waals surface area (Å²) in [7, 11) is 0.